The van der Waals surface area contributed by atoms with Crippen LogP contribution in [0.3, 0.4) is 0 Å². The number of allylic oxidation sites excluding steroid dienone is 1. The van der Waals surface area contributed by atoms with Crippen LogP contribution in [0.25, 0.3) is 16.9 Å². The number of hydrogen-bond acceptors (Lipinski definition) is 8. The first-order valence-corrected chi connectivity index (χ1v) is 15.9. The number of Topliss-reactive ketones (excluding diaryl/α,β-unsaturated/α-hetero) is 3. The zero-order chi connectivity index (χ0) is 32.6. The van der Waals surface area contributed by atoms with Gasteiger partial charge in [0, 0.05) is 35.5 Å². The molecule has 1 unspecified atom stereocenters. The molecule has 1 heterocycles. The lowest BCUT2D eigenvalue weighted by molar-refractivity contribution is -0.178. The van der Waals surface area contributed by atoms with E-state index in [4.69, 9.17) is 4.74 Å². The second kappa shape index (κ2) is 10.7. The van der Waals surface area contributed by atoms with Gasteiger partial charge in [-0.05, 0) is 79.2 Å². The lowest BCUT2D eigenvalue weighted by atomic mass is 9.43. The Morgan fingerprint density at radius 3 is 2.38 bits per heavy atom. The van der Waals surface area contributed by atoms with E-state index in [1.54, 1.807) is 20.8 Å². The molecule has 6 rings (SSSR count). The lowest BCUT2D eigenvalue weighted by Crippen LogP contribution is -2.69. The molecule has 4 atom stereocenters. The largest absolute Gasteiger partial charge is 0.508 e. The van der Waals surface area contributed by atoms with Gasteiger partial charge < -0.3 is 25.2 Å². The van der Waals surface area contributed by atoms with Crippen molar-refractivity contribution >= 4 is 23.1 Å². The molecule has 1 saturated heterocycles. The molecule has 0 amide bonds. The number of ether oxygens (including phenoxy) is 1. The number of phenols is 1. The quantitative estimate of drug-likeness (QED) is 0.309. The number of rotatable bonds is 5. The minimum atomic E-state index is -2.62. The third kappa shape index (κ3) is 4.43. The summed E-state index contributed by atoms with van der Waals surface area (Å²) in [6, 6.07) is 11.5. The number of aliphatic hydroxyl groups excluding tert-OH is 2. The molecular weight excluding hydrogens is 572 g/mol. The van der Waals surface area contributed by atoms with Gasteiger partial charge in [0.1, 0.15) is 22.8 Å². The summed E-state index contributed by atoms with van der Waals surface area (Å²) >= 11 is 0. The summed E-state index contributed by atoms with van der Waals surface area (Å²) in [5.41, 5.74) is -2.21. The van der Waals surface area contributed by atoms with Crippen LogP contribution >= 0.6 is 0 Å². The van der Waals surface area contributed by atoms with Crippen molar-refractivity contribution in [1.82, 2.24) is 0 Å². The van der Waals surface area contributed by atoms with E-state index in [0.29, 0.717) is 11.5 Å². The number of phenolic OH excluding ortho intramolecular Hbond substituents is 1. The number of hydrogen-bond donors (Lipinski definition) is 4. The smallest absolute Gasteiger partial charge is 0.203 e. The average molecular weight is 615 g/mol. The van der Waals surface area contributed by atoms with Gasteiger partial charge in [-0.25, -0.2) is 0 Å². The maximum atomic E-state index is 14.5. The molecule has 2 aromatic carbocycles. The Morgan fingerprint density at radius 2 is 1.73 bits per heavy atom. The minimum Gasteiger partial charge on any atom is -0.508 e. The van der Waals surface area contributed by atoms with E-state index in [1.807, 2.05) is 25.1 Å². The Balaban J connectivity index is 1.52. The van der Waals surface area contributed by atoms with Gasteiger partial charge >= 0.3 is 0 Å². The van der Waals surface area contributed by atoms with Crippen LogP contribution < -0.4 is 0 Å². The number of aromatic hydroxyl groups is 1. The molecule has 4 N–H and O–H groups in total. The van der Waals surface area contributed by atoms with E-state index in [1.165, 1.54) is 11.6 Å². The molecule has 8 heteroatoms. The molecule has 2 aromatic rings. The molecule has 45 heavy (non-hydrogen) atoms. The summed E-state index contributed by atoms with van der Waals surface area (Å²) in [4.78, 5) is 40.9. The molecule has 1 saturated carbocycles. The number of carbonyl (C=O) groups is 3. The van der Waals surface area contributed by atoms with E-state index in [9.17, 15) is 34.8 Å². The molecule has 2 fully saturated rings. The highest BCUT2D eigenvalue weighted by Gasteiger charge is 2.72. The van der Waals surface area contributed by atoms with Crippen molar-refractivity contribution in [3.8, 4) is 16.9 Å². The van der Waals surface area contributed by atoms with Gasteiger partial charge in [0.25, 0.3) is 0 Å². The van der Waals surface area contributed by atoms with Gasteiger partial charge in [-0.1, -0.05) is 58.0 Å². The highest BCUT2D eigenvalue weighted by molar-refractivity contribution is 6.24. The predicted octanol–water partition coefficient (Wildman–Crippen LogP) is 5.83. The summed E-state index contributed by atoms with van der Waals surface area (Å²) < 4.78 is 5.53. The lowest BCUT2D eigenvalue weighted by Gasteiger charge is -2.59. The van der Waals surface area contributed by atoms with Crippen molar-refractivity contribution < 1.29 is 39.5 Å². The SMILES string of the molecule is CC(=O)C1=C(O)[C@]2(O)C(=O)C3=C(O)c4c(O)ccc(-c5cccc(CC6CCOCC6)c5)c4C[C@]3(C)C[C@]2(C)C(C(C)C)C1=O. The van der Waals surface area contributed by atoms with Crippen LogP contribution in [0.1, 0.15) is 70.6 Å². The first-order valence-electron chi connectivity index (χ1n) is 15.9. The molecule has 4 aliphatic rings. The fraction of sp³-hybridized carbons (Fsp3) is 0.486. The fourth-order valence-corrected chi connectivity index (χ4v) is 9.14. The molecule has 0 aromatic heterocycles. The summed E-state index contributed by atoms with van der Waals surface area (Å²) in [7, 11) is 0. The van der Waals surface area contributed by atoms with Crippen LogP contribution in [0.4, 0.5) is 0 Å². The van der Waals surface area contributed by atoms with Crippen molar-refractivity contribution in [3.63, 3.8) is 0 Å². The van der Waals surface area contributed by atoms with E-state index < -0.39 is 56.8 Å². The van der Waals surface area contributed by atoms with Crippen molar-refractivity contribution in [1.29, 1.82) is 0 Å². The Bertz CT molecular complexity index is 1690. The van der Waals surface area contributed by atoms with Crippen molar-refractivity contribution in [2.24, 2.45) is 28.6 Å². The number of fused-ring (bicyclic) bond motifs is 3. The summed E-state index contributed by atoms with van der Waals surface area (Å²) in [6.07, 6.45) is 3.23. The van der Waals surface area contributed by atoms with Crippen LogP contribution in [-0.4, -0.2) is 56.6 Å². The fourth-order valence-electron chi connectivity index (χ4n) is 9.14. The first-order chi connectivity index (χ1) is 21.2. The topological polar surface area (TPSA) is 141 Å². The molecule has 238 valence electrons. The standard InChI is InChI=1S/C37H42O8/c1-19(2)29-31(40)27(20(3)38)33(42)37(44)34(43)30-32(41)28-25(17-35(30,4)18-36(29,37)5)24(9-10-26(28)39)23-8-6-7-22(16-23)15-21-11-13-45-14-12-21/h6-10,16,19,21,29,39,41-42,44H,11-15,17-18H2,1-5H3/t29?,35-,36-,37+/m1/s1. The second-order valence-corrected chi connectivity index (χ2v) is 14.4. The van der Waals surface area contributed by atoms with Gasteiger partial charge in [0.15, 0.2) is 17.2 Å². The van der Waals surface area contributed by atoms with Gasteiger partial charge in [0.2, 0.25) is 5.78 Å². The highest BCUT2D eigenvalue weighted by Crippen LogP contribution is 2.65. The minimum absolute atomic E-state index is 0.0593. The van der Waals surface area contributed by atoms with Gasteiger partial charge in [-0.2, -0.15) is 0 Å². The zero-order valence-corrected chi connectivity index (χ0v) is 26.6. The van der Waals surface area contributed by atoms with E-state index in [2.05, 4.69) is 12.1 Å². The van der Waals surface area contributed by atoms with E-state index in [-0.39, 0.29) is 35.6 Å². The van der Waals surface area contributed by atoms with Crippen LogP contribution in [0.15, 0.2) is 53.3 Å². The molecular formula is C37H42O8. The second-order valence-electron chi connectivity index (χ2n) is 14.4. The van der Waals surface area contributed by atoms with Crippen LogP contribution in [0, 0.1) is 28.6 Å². The first kappa shape index (κ1) is 31.2. The number of ketones is 3. The van der Waals surface area contributed by atoms with E-state index >= 15 is 0 Å². The summed E-state index contributed by atoms with van der Waals surface area (Å²) in [5, 5.41) is 46.5. The Hall–Kier alpha value is -3.75. The third-order valence-corrected chi connectivity index (χ3v) is 11.0. The predicted molar refractivity (Wildman–Crippen MR) is 169 cm³/mol. The molecule has 0 radical (unpaired) electrons. The Labute approximate surface area is 263 Å². The monoisotopic (exact) mass is 614 g/mol. The summed E-state index contributed by atoms with van der Waals surface area (Å²) in [6.45, 7) is 9.69. The van der Waals surface area contributed by atoms with Gasteiger partial charge in [-0.3, -0.25) is 14.4 Å². The Morgan fingerprint density at radius 1 is 1.04 bits per heavy atom. The van der Waals surface area contributed by atoms with Crippen molar-refractivity contribution in [2.45, 2.75) is 72.3 Å². The number of aliphatic hydroxyl groups is 3. The van der Waals surface area contributed by atoms with Gasteiger partial charge in [-0.15, -0.1) is 0 Å². The molecule has 8 nitrogen and oxygen atoms in total. The number of benzene rings is 2. The van der Waals surface area contributed by atoms with Crippen molar-refractivity contribution in [2.75, 3.05) is 13.2 Å². The Kier molecular flexibility index (Phi) is 7.40. The van der Waals surface area contributed by atoms with Crippen molar-refractivity contribution in [3.05, 3.63) is 70.0 Å². The molecule has 0 spiro atoms. The molecule has 1 aliphatic heterocycles. The summed E-state index contributed by atoms with van der Waals surface area (Å²) in [5.74, 6) is -4.72. The van der Waals surface area contributed by atoms with Crippen LogP contribution in [0.2, 0.25) is 0 Å². The third-order valence-electron chi connectivity index (χ3n) is 11.0. The maximum absolute atomic E-state index is 14.5. The van der Waals surface area contributed by atoms with Crippen LogP contribution in [-0.2, 0) is 32.0 Å². The highest BCUT2D eigenvalue weighted by atomic mass is 16.5. The normalized spacial score (nSPS) is 30.3. The van der Waals surface area contributed by atoms with E-state index in [0.717, 1.165) is 50.5 Å². The molecule has 0 bridgehead atoms. The van der Waals surface area contributed by atoms with Gasteiger partial charge in [0.05, 0.1) is 5.56 Å². The zero-order valence-electron chi connectivity index (χ0n) is 26.6. The van der Waals surface area contributed by atoms with Crippen LogP contribution in [0.5, 0.6) is 5.75 Å². The maximum Gasteiger partial charge on any atom is 0.203 e. The molecule has 3 aliphatic carbocycles. The average Bonchev–Trinajstić information content (AvgIpc) is 2.95. The number of carbonyl (C=O) groups excluding carboxylic acids is 3.